The maximum absolute atomic E-state index is 12.6. The number of anilines is 1. The largest absolute Gasteiger partial charge is 0.465 e. The second-order valence-corrected chi connectivity index (χ2v) is 4.06. The summed E-state index contributed by atoms with van der Waals surface area (Å²) >= 11 is 0. The number of esters is 1. The zero-order valence-corrected chi connectivity index (χ0v) is 10.6. The highest BCUT2D eigenvalue weighted by molar-refractivity contribution is 5.81. The Labute approximate surface area is 112 Å². The van der Waals surface area contributed by atoms with Gasteiger partial charge in [-0.25, -0.2) is 4.98 Å². The summed E-state index contributed by atoms with van der Waals surface area (Å²) in [6.07, 6.45) is -4.45. The first-order valence-electron chi connectivity index (χ1n) is 5.81. The van der Waals surface area contributed by atoms with Crippen LogP contribution in [0.4, 0.5) is 19.1 Å². The molecule has 0 unspecified atom stereocenters. The normalized spacial score (nSPS) is 11.8. The van der Waals surface area contributed by atoms with Crippen molar-refractivity contribution in [2.24, 2.45) is 0 Å². The standard InChI is InChI=1S/C12H12F3N3O2/c1-2-20-10(19)6-18-9-4-3-7(12(13,14)15)5-8(9)17-11(18)16/h3-5H,2,6H2,1H3,(H2,16,17). The molecule has 1 aromatic heterocycles. The van der Waals surface area contributed by atoms with Crippen LogP contribution in [-0.2, 0) is 22.3 Å². The van der Waals surface area contributed by atoms with Crippen LogP contribution in [-0.4, -0.2) is 22.1 Å². The minimum atomic E-state index is -4.45. The summed E-state index contributed by atoms with van der Waals surface area (Å²) in [6, 6.07) is 3.05. The number of benzene rings is 1. The van der Waals surface area contributed by atoms with Gasteiger partial charge in [0.25, 0.3) is 0 Å². The predicted molar refractivity (Wildman–Crippen MR) is 65.8 cm³/mol. The molecular weight excluding hydrogens is 275 g/mol. The van der Waals surface area contributed by atoms with Crippen molar-refractivity contribution in [3.8, 4) is 0 Å². The number of halogens is 3. The summed E-state index contributed by atoms with van der Waals surface area (Å²) in [5.74, 6) is -0.564. The van der Waals surface area contributed by atoms with Gasteiger partial charge in [-0.1, -0.05) is 0 Å². The molecule has 0 fully saturated rings. The Balaban J connectivity index is 2.42. The molecule has 0 spiro atoms. The van der Waals surface area contributed by atoms with Gasteiger partial charge >= 0.3 is 12.1 Å². The van der Waals surface area contributed by atoms with Crippen LogP contribution in [0.15, 0.2) is 18.2 Å². The predicted octanol–water partition coefficient (Wildman–Crippen LogP) is 2.20. The molecule has 5 nitrogen and oxygen atoms in total. The summed E-state index contributed by atoms with van der Waals surface area (Å²) in [5.41, 5.74) is 5.24. The van der Waals surface area contributed by atoms with Crippen molar-refractivity contribution in [3.05, 3.63) is 23.8 Å². The van der Waals surface area contributed by atoms with Crippen molar-refractivity contribution in [1.29, 1.82) is 0 Å². The van der Waals surface area contributed by atoms with Crippen molar-refractivity contribution >= 4 is 23.0 Å². The number of fused-ring (bicyclic) bond motifs is 1. The van der Waals surface area contributed by atoms with E-state index in [1.54, 1.807) is 6.92 Å². The second-order valence-electron chi connectivity index (χ2n) is 4.06. The third kappa shape index (κ3) is 2.68. The molecule has 0 atom stereocenters. The van der Waals surface area contributed by atoms with Gasteiger partial charge in [-0.15, -0.1) is 0 Å². The lowest BCUT2D eigenvalue weighted by atomic mass is 10.2. The number of nitrogen functional groups attached to an aromatic ring is 1. The van der Waals surface area contributed by atoms with Crippen LogP contribution in [0.2, 0.25) is 0 Å². The van der Waals surface area contributed by atoms with Crippen LogP contribution in [0.5, 0.6) is 0 Å². The molecule has 0 amide bonds. The Morgan fingerprint density at radius 2 is 2.15 bits per heavy atom. The first-order valence-corrected chi connectivity index (χ1v) is 5.81. The molecule has 0 bridgehead atoms. The summed E-state index contributed by atoms with van der Waals surface area (Å²) in [5, 5.41) is 0. The fraction of sp³-hybridized carbons (Fsp3) is 0.333. The Kier molecular flexibility index (Phi) is 3.56. The molecule has 0 saturated carbocycles. The lowest BCUT2D eigenvalue weighted by Gasteiger charge is -2.07. The first kappa shape index (κ1) is 14.2. The van der Waals surface area contributed by atoms with Crippen molar-refractivity contribution in [2.45, 2.75) is 19.6 Å². The van der Waals surface area contributed by atoms with E-state index in [-0.39, 0.29) is 24.6 Å². The molecule has 0 saturated heterocycles. The highest BCUT2D eigenvalue weighted by atomic mass is 19.4. The molecule has 0 radical (unpaired) electrons. The Morgan fingerprint density at radius 3 is 2.75 bits per heavy atom. The molecule has 2 N–H and O–H groups in total. The van der Waals surface area contributed by atoms with Gasteiger partial charge in [0.15, 0.2) is 0 Å². The quantitative estimate of drug-likeness (QED) is 0.879. The molecule has 20 heavy (non-hydrogen) atoms. The van der Waals surface area contributed by atoms with Gasteiger partial charge in [-0.3, -0.25) is 9.36 Å². The lowest BCUT2D eigenvalue weighted by molar-refractivity contribution is -0.143. The SMILES string of the molecule is CCOC(=O)Cn1c(N)nc2cc(C(F)(F)F)ccc21. The van der Waals surface area contributed by atoms with Gasteiger partial charge in [0.2, 0.25) is 5.95 Å². The van der Waals surface area contributed by atoms with E-state index in [1.807, 2.05) is 0 Å². The first-order chi connectivity index (χ1) is 9.32. The minimum absolute atomic E-state index is 0.0348. The number of ether oxygens (including phenoxy) is 1. The number of nitrogens with zero attached hydrogens (tertiary/aromatic N) is 2. The number of rotatable bonds is 3. The van der Waals surface area contributed by atoms with Crippen LogP contribution >= 0.6 is 0 Å². The van der Waals surface area contributed by atoms with Crippen LogP contribution in [0, 0.1) is 0 Å². The summed E-state index contributed by atoms with van der Waals surface area (Å²) in [6.45, 7) is 1.67. The van der Waals surface area contributed by atoms with E-state index in [2.05, 4.69) is 4.98 Å². The molecular formula is C12H12F3N3O2. The van der Waals surface area contributed by atoms with E-state index >= 15 is 0 Å². The number of alkyl halides is 3. The zero-order chi connectivity index (χ0) is 14.9. The van der Waals surface area contributed by atoms with E-state index < -0.39 is 17.7 Å². The second kappa shape index (κ2) is 5.03. The van der Waals surface area contributed by atoms with E-state index in [0.29, 0.717) is 5.52 Å². The summed E-state index contributed by atoms with van der Waals surface area (Å²) in [4.78, 5) is 15.3. The number of imidazole rings is 1. The highest BCUT2D eigenvalue weighted by Gasteiger charge is 2.31. The Bertz CT molecular complexity index is 649. The number of nitrogens with two attached hydrogens (primary N) is 1. The van der Waals surface area contributed by atoms with E-state index in [9.17, 15) is 18.0 Å². The third-order valence-corrected chi connectivity index (χ3v) is 2.70. The van der Waals surface area contributed by atoms with Crippen LogP contribution in [0.1, 0.15) is 12.5 Å². The van der Waals surface area contributed by atoms with E-state index in [4.69, 9.17) is 10.5 Å². The summed E-state index contributed by atoms with van der Waals surface area (Å²) < 4.78 is 43.9. The molecule has 2 rings (SSSR count). The van der Waals surface area contributed by atoms with Crippen LogP contribution in [0.25, 0.3) is 11.0 Å². The Hall–Kier alpha value is -2.25. The van der Waals surface area contributed by atoms with E-state index in [0.717, 1.165) is 12.1 Å². The van der Waals surface area contributed by atoms with Crippen molar-refractivity contribution in [3.63, 3.8) is 0 Å². The molecule has 1 aromatic carbocycles. The molecule has 0 aliphatic heterocycles. The number of aromatic nitrogens is 2. The third-order valence-electron chi connectivity index (χ3n) is 2.70. The number of hydrogen-bond acceptors (Lipinski definition) is 4. The van der Waals surface area contributed by atoms with Crippen molar-refractivity contribution < 1.29 is 22.7 Å². The molecule has 2 aromatic rings. The fourth-order valence-electron chi connectivity index (χ4n) is 1.83. The average molecular weight is 287 g/mol. The summed E-state index contributed by atoms with van der Waals surface area (Å²) in [7, 11) is 0. The van der Waals surface area contributed by atoms with Gasteiger partial charge in [0.05, 0.1) is 23.2 Å². The lowest BCUT2D eigenvalue weighted by Crippen LogP contribution is -2.15. The van der Waals surface area contributed by atoms with Gasteiger partial charge in [-0.05, 0) is 25.1 Å². The van der Waals surface area contributed by atoms with Gasteiger partial charge in [0, 0.05) is 0 Å². The fourth-order valence-corrected chi connectivity index (χ4v) is 1.83. The monoisotopic (exact) mass is 287 g/mol. The van der Waals surface area contributed by atoms with Gasteiger partial charge in [-0.2, -0.15) is 13.2 Å². The average Bonchev–Trinajstić information content (AvgIpc) is 2.64. The van der Waals surface area contributed by atoms with Crippen LogP contribution in [0.3, 0.4) is 0 Å². The van der Waals surface area contributed by atoms with E-state index in [1.165, 1.54) is 10.6 Å². The molecule has 108 valence electrons. The van der Waals surface area contributed by atoms with Crippen LogP contribution < -0.4 is 5.73 Å². The smallest absolute Gasteiger partial charge is 0.416 e. The molecule has 1 heterocycles. The van der Waals surface area contributed by atoms with Gasteiger partial charge in [0.1, 0.15) is 6.54 Å². The van der Waals surface area contributed by atoms with Gasteiger partial charge < -0.3 is 10.5 Å². The minimum Gasteiger partial charge on any atom is -0.465 e. The Morgan fingerprint density at radius 1 is 1.45 bits per heavy atom. The zero-order valence-electron chi connectivity index (χ0n) is 10.6. The number of carbonyl (C=O) groups is 1. The maximum Gasteiger partial charge on any atom is 0.416 e. The number of hydrogen-bond donors (Lipinski definition) is 1. The highest BCUT2D eigenvalue weighted by Crippen LogP contribution is 2.31. The molecule has 0 aliphatic carbocycles. The number of carbonyl (C=O) groups excluding carboxylic acids is 1. The van der Waals surface area contributed by atoms with Crippen molar-refractivity contribution in [1.82, 2.24) is 9.55 Å². The van der Waals surface area contributed by atoms with Crippen molar-refractivity contribution in [2.75, 3.05) is 12.3 Å². The topological polar surface area (TPSA) is 70.1 Å². The molecule has 0 aliphatic rings. The maximum atomic E-state index is 12.6. The molecule has 8 heteroatoms.